The van der Waals surface area contributed by atoms with Crippen molar-refractivity contribution in [2.45, 2.75) is 31.8 Å². The van der Waals surface area contributed by atoms with Crippen LogP contribution in [0.25, 0.3) is 0 Å². The first-order valence-corrected chi connectivity index (χ1v) is 6.50. The molecule has 5 nitrogen and oxygen atoms in total. The van der Waals surface area contributed by atoms with Crippen molar-refractivity contribution in [3.63, 3.8) is 0 Å². The van der Waals surface area contributed by atoms with Gasteiger partial charge in [0.1, 0.15) is 0 Å². The average molecular weight is 262 g/mol. The van der Waals surface area contributed by atoms with Crippen LogP contribution in [0.1, 0.15) is 35.2 Å². The molecule has 19 heavy (non-hydrogen) atoms. The van der Waals surface area contributed by atoms with E-state index in [2.05, 4.69) is 10.6 Å². The Labute approximate surface area is 112 Å². The lowest BCUT2D eigenvalue weighted by atomic mass is 10.1. The molecule has 1 heterocycles. The van der Waals surface area contributed by atoms with Gasteiger partial charge in [0.15, 0.2) is 0 Å². The van der Waals surface area contributed by atoms with Gasteiger partial charge in [0.25, 0.3) is 0 Å². The SMILES string of the molecule is O=C(O)c1ccc(CNC2CCCCNC2=O)cc1. The second-order valence-corrected chi connectivity index (χ2v) is 4.72. The van der Waals surface area contributed by atoms with Crippen molar-refractivity contribution in [2.75, 3.05) is 6.54 Å². The fourth-order valence-corrected chi connectivity index (χ4v) is 2.14. The van der Waals surface area contributed by atoms with Gasteiger partial charge in [-0.3, -0.25) is 4.79 Å². The molecule has 102 valence electrons. The third kappa shape index (κ3) is 3.79. The van der Waals surface area contributed by atoms with Gasteiger partial charge in [-0.25, -0.2) is 4.79 Å². The topological polar surface area (TPSA) is 78.4 Å². The molecule has 1 aromatic rings. The summed E-state index contributed by atoms with van der Waals surface area (Å²) in [5.74, 6) is -0.873. The minimum absolute atomic E-state index is 0.0552. The van der Waals surface area contributed by atoms with Gasteiger partial charge >= 0.3 is 5.97 Å². The summed E-state index contributed by atoms with van der Waals surface area (Å²) in [6.07, 6.45) is 2.91. The first-order chi connectivity index (χ1) is 9.16. The van der Waals surface area contributed by atoms with Crippen LogP contribution in [0.2, 0.25) is 0 Å². The second kappa shape index (κ2) is 6.33. The van der Waals surface area contributed by atoms with Crippen LogP contribution < -0.4 is 10.6 Å². The molecule has 0 radical (unpaired) electrons. The summed E-state index contributed by atoms with van der Waals surface area (Å²) in [6, 6.07) is 6.54. The minimum Gasteiger partial charge on any atom is -0.478 e. The summed E-state index contributed by atoms with van der Waals surface area (Å²) < 4.78 is 0. The highest BCUT2D eigenvalue weighted by Gasteiger charge is 2.19. The Bertz CT molecular complexity index is 456. The lowest BCUT2D eigenvalue weighted by molar-refractivity contribution is -0.122. The number of aromatic carboxylic acids is 1. The summed E-state index contributed by atoms with van der Waals surface area (Å²) in [4.78, 5) is 22.5. The molecule has 1 unspecified atom stereocenters. The number of carbonyl (C=O) groups excluding carboxylic acids is 1. The highest BCUT2D eigenvalue weighted by molar-refractivity contribution is 5.87. The molecule has 1 fully saturated rings. The van der Waals surface area contributed by atoms with Crippen molar-refractivity contribution in [1.29, 1.82) is 0 Å². The number of hydrogen-bond donors (Lipinski definition) is 3. The van der Waals surface area contributed by atoms with Gasteiger partial charge in [0.2, 0.25) is 5.91 Å². The Morgan fingerprint density at radius 1 is 1.32 bits per heavy atom. The average Bonchev–Trinajstić information content (AvgIpc) is 2.61. The van der Waals surface area contributed by atoms with E-state index in [4.69, 9.17) is 5.11 Å². The van der Waals surface area contributed by atoms with Crippen molar-refractivity contribution in [3.8, 4) is 0 Å². The molecule has 1 atom stereocenters. The predicted molar refractivity (Wildman–Crippen MR) is 70.9 cm³/mol. The number of nitrogens with one attached hydrogen (secondary N) is 2. The molecule has 2 rings (SSSR count). The van der Waals surface area contributed by atoms with Crippen LogP contribution in [0.3, 0.4) is 0 Å². The molecule has 1 amide bonds. The van der Waals surface area contributed by atoms with Crippen LogP contribution in [0.15, 0.2) is 24.3 Å². The lowest BCUT2D eigenvalue weighted by Gasteiger charge is -2.15. The van der Waals surface area contributed by atoms with Crippen LogP contribution in [-0.4, -0.2) is 29.6 Å². The first kappa shape index (κ1) is 13.5. The highest BCUT2D eigenvalue weighted by Crippen LogP contribution is 2.08. The largest absolute Gasteiger partial charge is 0.478 e. The molecular formula is C14H18N2O3. The van der Waals surface area contributed by atoms with E-state index in [1.807, 2.05) is 0 Å². The van der Waals surface area contributed by atoms with Crippen LogP contribution in [0.4, 0.5) is 0 Å². The third-order valence-corrected chi connectivity index (χ3v) is 3.29. The molecule has 0 aliphatic carbocycles. The summed E-state index contributed by atoms with van der Waals surface area (Å²) in [7, 11) is 0. The van der Waals surface area contributed by atoms with E-state index in [0.717, 1.165) is 31.4 Å². The zero-order valence-corrected chi connectivity index (χ0v) is 10.7. The molecule has 3 N–H and O–H groups in total. The Kier molecular flexibility index (Phi) is 4.52. The Morgan fingerprint density at radius 3 is 2.74 bits per heavy atom. The second-order valence-electron chi connectivity index (χ2n) is 4.72. The fraction of sp³-hybridized carbons (Fsp3) is 0.429. The smallest absolute Gasteiger partial charge is 0.335 e. The molecule has 1 aliphatic heterocycles. The first-order valence-electron chi connectivity index (χ1n) is 6.50. The number of benzene rings is 1. The maximum absolute atomic E-state index is 11.7. The molecule has 5 heteroatoms. The highest BCUT2D eigenvalue weighted by atomic mass is 16.4. The number of carboxylic acids is 1. The molecular weight excluding hydrogens is 244 g/mol. The van der Waals surface area contributed by atoms with Gasteiger partial charge in [-0.05, 0) is 37.0 Å². The van der Waals surface area contributed by atoms with Gasteiger partial charge in [0.05, 0.1) is 11.6 Å². The normalized spacial score (nSPS) is 19.6. The lowest BCUT2D eigenvalue weighted by Crippen LogP contribution is -2.42. The van der Waals surface area contributed by atoms with E-state index in [1.54, 1.807) is 24.3 Å². The zero-order valence-electron chi connectivity index (χ0n) is 10.7. The number of carboxylic acid groups (broad SMARTS) is 1. The van der Waals surface area contributed by atoms with E-state index in [0.29, 0.717) is 6.54 Å². The van der Waals surface area contributed by atoms with E-state index < -0.39 is 5.97 Å². The summed E-state index contributed by atoms with van der Waals surface area (Å²) >= 11 is 0. The van der Waals surface area contributed by atoms with Crippen molar-refractivity contribution in [3.05, 3.63) is 35.4 Å². The van der Waals surface area contributed by atoms with Crippen LogP contribution in [0, 0.1) is 0 Å². The Morgan fingerprint density at radius 2 is 2.05 bits per heavy atom. The molecule has 1 aliphatic rings. The maximum Gasteiger partial charge on any atom is 0.335 e. The molecule has 1 aromatic carbocycles. The van der Waals surface area contributed by atoms with E-state index >= 15 is 0 Å². The predicted octanol–water partition coefficient (Wildman–Crippen LogP) is 1.14. The number of rotatable bonds is 4. The molecule has 0 spiro atoms. The standard InChI is InChI=1S/C14H18N2O3/c17-13-12(3-1-2-8-15-13)16-9-10-4-6-11(7-5-10)14(18)19/h4-7,12,16H,1-3,8-9H2,(H,15,17)(H,18,19). The summed E-state index contributed by atoms with van der Waals surface area (Å²) in [5, 5.41) is 14.9. The summed E-state index contributed by atoms with van der Waals surface area (Å²) in [5.41, 5.74) is 1.25. The molecule has 1 saturated heterocycles. The monoisotopic (exact) mass is 262 g/mol. The van der Waals surface area contributed by atoms with Gasteiger partial charge in [-0.1, -0.05) is 12.1 Å². The van der Waals surface area contributed by atoms with Crippen LogP contribution in [-0.2, 0) is 11.3 Å². The fourth-order valence-electron chi connectivity index (χ4n) is 2.14. The van der Waals surface area contributed by atoms with E-state index in [-0.39, 0.29) is 17.5 Å². The van der Waals surface area contributed by atoms with Crippen LogP contribution in [0.5, 0.6) is 0 Å². The minimum atomic E-state index is -0.928. The Balaban J connectivity index is 1.90. The van der Waals surface area contributed by atoms with E-state index in [9.17, 15) is 9.59 Å². The molecule has 0 saturated carbocycles. The van der Waals surface area contributed by atoms with Gasteiger partial charge in [-0.2, -0.15) is 0 Å². The van der Waals surface area contributed by atoms with Crippen LogP contribution >= 0.6 is 0 Å². The van der Waals surface area contributed by atoms with Crippen molar-refractivity contribution >= 4 is 11.9 Å². The Hall–Kier alpha value is -1.88. The van der Waals surface area contributed by atoms with Gasteiger partial charge in [0, 0.05) is 13.1 Å². The van der Waals surface area contributed by atoms with Gasteiger partial charge < -0.3 is 15.7 Å². The van der Waals surface area contributed by atoms with Crippen molar-refractivity contribution in [2.24, 2.45) is 0 Å². The van der Waals surface area contributed by atoms with E-state index in [1.165, 1.54) is 0 Å². The number of amides is 1. The number of hydrogen-bond acceptors (Lipinski definition) is 3. The van der Waals surface area contributed by atoms with Crippen molar-refractivity contribution in [1.82, 2.24) is 10.6 Å². The third-order valence-electron chi connectivity index (χ3n) is 3.29. The molecule has 0 bridgehead atoms. The van der Waals surface area contributed by atoms with Crippen molar-refractivity contribution < 1.29 is 14.7 Å². The quantitative estimate of drug-likeness (QED) is 0.760. The molecule has 0 aromatic heterocycles. The zero-order chi connectivity index (χ0) is 13.7. The number of carbonyl (C=O) groups is 2. The summed E-state index contributed by atoms with van der Waals surface area (Å²) in [6.45, 7) is 1.32. The maximum atomic E-state index is 11.7. The van der Waals surface area contributed by atoms with Gasteiger partial charge in [-0.15, -0.1) is 0 Å².